The van der Waals surface area contributed by atoms with Gasteiger partial charge in [0.25, 0.3) is 0 Å². The zero-order valence-electron chi connectivity index (χ0n) is 10.9. The van der Waals surface area contributed by atoms with Crippen LogP contribution in [0.15, 0.2) is 36.1 Å². The van der Waals surface area contributed by atoms with Gasteiger partial charge in [0.05, 0.1) is 12.2 Å². The van der Waals surface area contributed by atoms with Crippen molar-refractivity contribution >= 4 is 5.97 Å². The molecule has 100 valence electrons. The molecule has 1 aliphatic carbocycles. The average Bonchev–Trinajstić information content (AvgIpc) is 2.37. The van der Waals surface area contributed by atoms with Crippen molar-refractivity contribution in [1.29, 1.82) is 0 Å². The molecular weight excluding hydrogens is 232 g/mol. The molecule has 0 aromatic heterocycles. The standard InChI is InChI=1S/C14H20O4/c1-11(2)13(16)18-10-4-7-14(17-3)8-5-12(15)6-9-14/h5-6,8,15H,1,4,7,9-10H2,2-3H3. The minimum atomic E-state index is -0.401. The summed E-state index contributed by atoms with van der Waals surface area (Å²) in [5.41, 5.74) is 0.00358. The molecule has 18 heavy (non-hydrogen) atoms. The Morgan fingerprint density at radius 3 is 2.83 bits per heavy atom. The van der Waals surface area contributed by atoms with E-state index in [4.69, 9.17) is 9.47 Å². The minimum Gasteiger partial charge on any atom is -0.508 e. The maximum absolute atomic E-state index is 11.2. The topological polar surface area (TPSA) is 55.8 Å². The molecule has 0 fully saturated rings. The van der Waals surface area contributed by atoms with E-state index in [2.05, 4.69) is 6.58 Å². The van der Waals surface area contributed by atoms with E-state index in [1.165, 1.54) is 0 Å². The molecule has 1 atom stereocenters. The van der Waals surface area contributed by atoms with E-state index in [9.17, 15) is 9.90 Å². The molecule has 0 amide bonds. The Kier molecular flexibility index (Phi) is 5.16. The lowest BCUT2D eigenvalue weighted by Crippen LogP contribution is -2.30. The van der Waals surface area contributed by atoms with E-state index in [0.717, 1.165) is 6.42 Å². The van der Waals surface area contributed by atoms with Crippen LogP contribution < -0.4 is 0 Å². The molecule has 4 heteroatoms. The third-order valence-electron chi connectivity index (χ3n) is 2.95. The van der Waals surface area contributed by atoms with Crippen LogP contribution in [0.4, 0.5) is 0 Å². The maximum Gasteiger partial charge on any atom is 0.333 e. The molecule has 1 aliphatic rings. The number of hydrogen-bond acceptors (Lipinski definition) is 4. The van der Waals surface area contributed by atoms with Crippen molar-refractivity contribution in [3.8, 4) is 0 Å². The number of methoxy groups -OCH3 is 1. The van der Waals surface area contributed by atoms with Crippen molar-refractivity contribution in [1.82, 2.24) is 0 Å². The Balaban J connectivity index is 2.36. The molecular formula is C14H20O4. The summed E-state index contributed by atoms with van der Waals surface area (Å²) >= 11 is 0. The molecule has 0 aliphatic heterocycles. The van der Waals surface area contributed by atoms with Gasteiger partial charge in [-0.3, -0.25) is 0 Å². The molecule has 0 aromatic rings. The van der Waals surface area contributed by atoms with Gasteiger partial charge < -0.3 is 14.6 Å². The summed E-state index contributed by atoms with van der Waals surface area (Å²) in [5, 5.41) is 9.28. The summed E-state index contributed by atoms with van der Waals surface area (Å²) in [5.74, 6) is -0.102. The van der Waals surface area contributed by atoms with E-state index in [1.807, 2.05) is 6.08 Å². The Bertz CT molecular complexity index is 381. The normalized spacial score (nSPS) is 22.4. The van der Waals surface area contributed by atoms with Crippen LogP contribution in [0, 0.1) is 0 Å². The number of carbonyl (C=O) groups is 1. The Hall–Kier alpha value is -1.55. The SMILES string of the molecule is C=C(C)C(=O)OCCCC1(OC)C=CC(O)=CC1. The van der Waals surface area contributed by atoms with Crippen molar-refractivity contribution in [2.24, 2.45) is 0 Å². The summed E-state index contributed by atoms with van der Waals surface area (Å²) in [6, 6.07) is 0. The van der Waals surface area contributed by atoms with E-state index >= 15 is 0 Å². The number of esters is 1. The van der Waals surface area contributed by atoms with Crippen LogP contribution in [0.25, 0.3) is 0 Å². The first kappa shape index (κ1) is 14.5. The first-order valence-electron chi connectivity index (χ1n) is 5.95. The fourth-order valence-corrected chi connectivity index (χ4v) is 1.75. The third-order valence-corrected chi connectivity index (χ3v) is 2.95. The molecule has 0 saturated heterocycles. The van der Waals surface area contributed by atoms with Crippen LogP contribution in [0.5, 0.6) is 0 Å². The number of rotatable bonds is 6. The van der Waals surface area contributed by atoms with Crippen molar-refractivity contribution in [2.75, 3.05) is 13.7 Å². The van der Waals surface area contributed by atoms with Crippen LogP contribution in [-0.4, -0.2) is 30.4 Å². The van der Waals surface area contributed by atoms with E-state index in [0.29, 0.717) is 25.0 Å². The summed E-state index contributed by atoms with van der Waals surface area (Å²) < 4.78 is 10.5. The second-order valence-corrected chi connectivity index (χ2v) is 4.46. The van der Waals surface area contributed by atoms with Crippen LogP contribution >= 0.6 is 0 Å². The molecule has 0 bridgehead atoms. The number of aliphatic hydroxyl groups excluding tert-OH is 1. The monoisotopic (exact) mass is 252 g/mol. The summed E-state index contributed by atoms with van der Waals surface area (Å²) in [4.78, 5) is 11.2. The van der Waals surface area contributed by atoms with E-state index in [-0.39, 0.29) is 11.7 Å². The van der Waals surface area contributed by atoms with Crippen LogP contribution in [0.3, 0.4) is 0 Å². The number of ether oxygens (including phenoxy) is 2. The Morgan fingerprint density at radius 2 is 2.33 bits per heavy atom. The van der Waals surface area contributed by atoms with Gasteiger partial charge in [0.15, 0.2) is 0 Å². The lowest BCUT2D eigenvalue weighted by molar-refractivity contribution is -0.139. The van der Waals surface area contributed by atoms with Gasteiger partial charge in [-0.15, -0.1) is 0 Å². The molecule has 0 saturated carbocycles. The zero-order chi connectivity index (χ0) is 13.6. The van der Waals surface area contributed by atoms with Gasteiger partial charge in [-0.1, -0.05) is 6.58 Å². The molecule has 1 rings (SSSR count). The number of carbonyl (C=O) groups excluding carboxylic acids is 1. The predicted octanol–water partition coefficient (Wildman–Crippen LogP) is 2.67. The summed E-state index contributed by atoms with van der Waals surface area (Å²) in [6.07, 6.45) is 7.26. The van der Waals surface area contributed by atoms with Gasteiger partial charge in [-0.05, 0) is 38.0 Å². The maximum atomic E-state index is 11.2. The molecule has 4 nitrogen and oxygen atoms in total. The molecule has 0 radical (unpaired) electrons. The lowest BCUT2D eigenvalue weighted by atomic mass is 9.90. The fourth-order valence-electron chi connectivity index (χ4n) is 1.75. The molecule has 0 heterocycles. The fraction of sp³-hybridized carbons (Fsp3) is 0.500. The Labute approximate surface area is 108 Å². The zero-order valence-corrected chi connectivity index (χ0v) is 10.9. The second kappa shape index (κ2) is 6.40. The highest BCUT2D eigenvalue weighted by atomic mass is 16.5. The van der Waals surface area contributed by atoms with Crippen molar-refractivity contribution in [3.63, 3.8) is 0 Å². The van der Waals surface area contributed by atoms with Crippen molar-refractivity contribution in [2.45, 2.75) is 31.8 Å². The van der Waals surface area contributed by atoms with Crippen molar-refractivity contribution < 1.29 is 19.4 Å². The highest BCUT2D eigenvalue weighted by Crippen LogP contribution is 2.28. The first-order chi connectivity index (χ1) is 8.49. The molecule has 1 unspecified atom stereocenters. The highest BCUT2D eigenvalue weighted by molar-refractivity contribution is 5.86. The average molecular weight is 252 g/mol. The smallest absolute Gasteiger partial charge is 0.333 e. The van der Waals surface area contributed by atoms with Gasteiger partial charge in [0, 0.05) is 19.1 Å². The minimum absolute atomic E-state index is 0.261. The van der Waals surface area contributed by atoms with Gasteiger partial charge in [0.1, 0.15) is 5.76 Å². The first-order valence-corrected chi connectivity index (χ1v) is 5.95. The Morgan fingerprint density at radius 1 is 1.61 bits per heavy atom. The van der Waals surface area contributed by atoms with Gasteiger partial charge in [-0.2, -0.15) is 0 Å². The molecule has 1 N–H and O–H groups in total. The predicted molar refractivity (Wildman–Crippen MR) is 69.2 cm³/mol. The highest BCUT2D eigenvalue weighted by Gasteiger charge is 2.27. The number of aliphatic hydroxyl groups is 1. The van der Waals surface area contributed by atoms with Gasteiger partial charge >= 0.3 is 5.97 Å². The van der Waals surface area contributed by atoms with E-state index in [1.54, 1.807) is 26.2 Å². The molecule has 0 spiro atoms. The molecule has 0 aromatic carbocycles. The lowest BCUT2D eigenvalue weighted by Gasteiger charge is -2.30. The van der Waals surface area contributed by atoms with Gasteiger partial charge in [-0.25, -0.2) is 4.79 Å². The largest absolute Gasteiger partial charge is 0.508 e. The van der Waals surface area contributed by atoms with E-state index < -0.39 is 5.60 Å². The number of hydrogen-bond donors (Lipinski definition) is 1. The third kappa shape index (κ3) is 4.04. The second-order valence-electron chi connectivity index (χ2n) is 4.46. The summed E-state index contributed by atoms with van der Waals surface area (Å²) in [7, 11) is 1.64. The van der Waals surface area contributed by atoms with Gasteiger partial charge in [0.2, 0.25) is 0 Å². The summed E-state index contributed by atoms with van der Waals surface area (Å²) in [6.45, 7) is 5.48. The quantitative estimate of drug-likeness (QED) is 0.448. The van der Waals surface area contributed by atoms with Crippen LogP contribution in [-0.2, 0) is 14.3 Å². The number of allylic oxidation sites excluding steroid dienone is 1. The van der Waals surface area contributed by atoms with Crippen molar-refractivity contribution in [3.05, 3.63) is 36.1 Å². The van der Waals surface area contributed by atoms with Crippen LogP contribution in [0.1, 0.15) is 26.2 Å². The van der Waals surface area contributed by atoms with Crippen LogP contribution in [0.2, 0.25) is 0 Å².